The van der Waals surface area contributed by atoms with Gasteiger partial charge in [0.2, 0.25) is 5.91 Å². The van der Waals surface area contributed by atoms with Gasteiger partial charge in [0, 0.05) is 5.69 Å². The molecule has 1 heterocycles. The number of alkyl halides is 3. The Labute approximate surface area is 140 Å². The number of rotatable bonds is 4. The van der Waals surface area contributed by atoms with Crippen molar-refractivity contribution >= 4 is 17.3 Å². The van der Waals surface area contributed by atoms with Crippen LogP contribution >= 0.6 is 0 Å². The zero-order chi connectivity index (χ0) is 18.9. The van der Waals surface area contributed by atoms with Crippen LogP contribution in [0, 0.1) is 30.9 Å². The van der Waals surface area contributed by atoms with E-state index in [2.05, 4.69) is 10.4 Å². The van der Waals surface area contributed by atoms with E-state index in [1.54, 1.807) is 0 Å². The highest BCUT2D eigenvalue weighted by molar-refractivity contribution is 5.90. The fourth-order valence-electron chi connectivity index (χ4n) is 2.45. The molecule has 0 radical (unpaired) electrons. The molecule has 0 spiro atoms. The predicted molar refractivity (Wildman–Crippen MR) is 83.2 cm³/mol. The molecule has 0 saturated heterocycles. The van der Waals surface area contributed by atoms with Crippen molar-refractivity contribution in [2.45, 2.75) is 33.5 Å². The van der Waals surface area contributed by atoms with E-state index in [9.17, 15) is 28.1 Å². The lowest BCUT2D eigenvalue weighted by Gasteiger charge is -2.13. The van der Waals surface area contributed by atoms with Crippen molar-refractivity contribution in [1.29, 1.82) is 0 Å². The number of anilines is 1. The van der Waals surface area contributed by atoms with Gasteiger partial charge in [0.1, 0.15) is 17.9 Å². The molecule has 1 amide bonds. The van der Waals surface area contributed by atoms with Gasteiger partial charge in [-0.25, -0.2) is 0 Å². The lowest BCUT2D eigenvalue weighted by atomic mass is 10.1. The van der Waals surface area contributed by atoms with Gasteiger partial charge in [-0.2, -0.15) is 18.3 Å². The maximum atomic E-state index is 12.9. The van der Waals surface area contributed by atoms with Crippen LogP contribution in [0.25, 0.3) is 0 Å². The number of carbonyl (C=O) groups is 1. The van der Waals surface area contributed by atoms with Crippen LogP contribution < -0.4 is 5.32 Å². The largest absolute Gasteiger partial charge is 0.416 e. The molecule has 2 aromatic rings. The molecular weight excluding hydrogens is 341 g/mol. The Hall–Kier alpha value is -2.91. The fraction of sp³-hybridized carbons (Fsp3) is 0.333. The number of hydrogen-bond acceptors (Lipinski definition) is 4. The molecule has 0 bridgehead atoms. The van der Waals surface area contributed by atoms with E-state index >= 15 is 0 Å². The lowest BCUT2D eigenvalue weighted by molar-refractivity contribution is -0.386. The van der Waals surface area contributed by atoms with Gasteiger partial charge in [0.05, 0.1) is 10.5 Å². The first kappa shape index (κ1) is 18.4. The van der Waals surface area contributed by atoms with Crippen LogP contribution in [0.1, 0.15) is 22.5 Å². The van der Waals surface area contributed by atoms with Crippen molar-refractivity contribution in [2.24, 2.45) is 0 Å². The van der Waals surface area contributed by atoms with E-state index < -0.39 is 22.6 Å². The van der Waals surface area contributed by atoms with Gasteiger partial charge in [0.15, 0.2) is 0 Å². The van der Waals surface area contributed by atoms with E-state index in [4.69, 9.17) is 0 Å². The number of nitrogens with zero attached hydrogens (tertiary/aromatic N) is 3. The average Bonchev–Trinajstić information content (AvgIpc) is 2.74. The number of amides is 1. The summed E-state index contributed by atoms with van der Waals surface area (Å²) in [6, 6.07) is 3.45. The number of benzene rings is 1. The third kappa shape index (κ3) is 3.95. The summed E-state index contributed by atoms with van der Waals surface area (Å²) in [5.74, 6) is -0.641. The summed E-state index contributed by atoms with van der Waals surface area (Å²) < 4.78 is 39.8. The van der Waals surface area contributed by atoms with Crippen molar-refractivity contribution in [3.8, 4) is 0 Å². The first-order valence-corrected chi connectivity index (χ1v) is 7.16. The minimum absolute atomic E-state index is 0.0149. The van der Waals surface area contributed by atoms with Gasteiger partial charge in [0.25, 0.3) is 0 Å². The summed E-state index contributed by atoms with van der Waals surface area (Å²) in [5.41, 5.74) is -0.657. The van der Waals surface area contributed by atoms with Gasteiger partial charge in [-0.1, -0.05) is 6.07 Å². The maximum Gasteiger partial charge on any atom is 0.416 e. The van der Waals surface area contributed by atoms with E-state index in [1.165, 1.54) is 32.9 Å². The Balaban J connectivity index is 2.19. The van der Waals surface area contributed by atoms with Gasteiger partial charge in [-0.3, -0.25) is 19.6 Å². The highest BCUT2D eigenvalue weighted by atomic mass is 19.4. The second-order valence-corrected chi connectivity index (χ2v) is 5.51. The van der Waals surface area contributed by atoms with Crippen LogP contribution in [0.3, 0.4) is 0 Å². The van der Waals surface area contributed by atoms with Gasteiger partial charge >= 0.3 is 11.9 Å². The zero-order valence-corrected chi connectivity index (χ0v) is 13.6. The smallest absolute Gasteiger partial charge is 0.324 e. The molecule has 0 unspecified atom stereocenters. The van der Waals surface area contributed by atoms with E-state index in [1.807, 2.05) is 0 Å². The predicted octanol–water partition coefficient (Wildman–Crippen LogP) is 3.37. The summed E-state index contributed by atoms with van der Waals surface area (Å²) in [5, 5.41) is 17.2. The summed E-state index contributed by atoms with van der Waals surface area (Å²) >= 11 is 0. The number of aryl methyl sites for hydroxylation is 2. The molecule has 0 aliphatic carbocycles. The number of aromatic nitrogens is 2. The third-order valence-corrected chi connectivity index (χ3v) is 3.65. The second-order valence-electron chi connectivity index (χ2n) is 5.51. The van der Waals surface area contributed by atoms with Crippen LogP contribution in [0.5, 0.6) is 0 Å². The van der Waals surface area contributed by atoms with Gasteiger partial charge in [-0.05, 0) is 38.5 Å². The minimum Gasteiger partial charge on any atom is -0.324 e. The number of nitrogens with one attached hydrogen (secondary N) is 1. The van der Waals surface area contributed by atoms with E-state index in [-0.39, 0.29) is 34.9 Å². The highest BCUT2D eigenvalue weighted by Gasteiger charge is 2.32. The molecule has 2 rings (SSSR count). The monoisotopic (exact) mass is 356 g/mol. The van der Waals surface area contributed by atoms with Crippen molar-refractivity contribution < 1.29 is 22.9 Å². The molecule has 25 heavy (non-hydrogen) atoms. The Bertz CT molecular complexity index is 843. The topological polar surface area (TPSA) is 90.1 Å². The van der Waals surface area contributed by atoms with Crippen LogP contribution in [0.4, 0.5) is 24.5 Å². The highest BCUT2D eigenvalue weighted by Crippen LogP contribution is 2.33. The Morgan fingerprint density at radius 1 is 1.32 bits per heavy atom. The quantitative estimate of drug-likeness (QED) is 0.672. The number of carbonyl (C=O) groups excluding carboxylic acids is 1. The van der Waals surface area contributed by atoms with Crippen molar-refractivity contribution in [2.75, 3.05) is 5.32 Å². The van der Waals surface area contributed by atoms with Crippen LogP contribution in [0.15, 0.2) is 18.2 Å². The molecule has 7 nitrogen and oxygen atoms in total. The standard InChI is InChI=1S/C15H15F3N4O3/c1-8-4-5-11(6-12(8)15(16,17)18)19-13(23)7-21-10(3)14(22(24)25)9(2)20-21/h4-6H,7H2,1-3H3,(H,19,23). The number of hydrogen-bond donors (Lipinski definition) is 1. The zero-order valence-electron chi connectivity index (χ0n) is 13.6. The summed E-state index contributed by atoms with van der Waals surface area (Å²) in [7, 11) is 0. The van der Waals surface area contributed by atoms with Crippen molar-refractivity contribution in [1.82, 2.24) is 9.78 Å². The summed E-state index contributed by atoms with van der Waals surface area (Å²) in [6.45, 7) is 3.85. The molecule has 0 fully saturated rings. The maximum absolute atomic E-state index is 12.9. The second kappa shape index (κ2) is 6.54. The molecule has 0 aliphatic rings. The number of halogens is 3. The molecule has 0 saturated carbocycles. The fourth-order valence-corrected chi connectivity index (χ4v) is 2.45. The minimum atomic E-state index is -4.53. The van der Waals surface area contributed by atoms with Crippen LogP contribution in [-0.4, -0.2) is 20.6 Å². The van der Waals surface area contributed by atoms with E-state index in [0.29, 0.717) is 0 Å². The first-order valence-electron chi connectivity index (χ1n) is 7.16. The van der Waals surface area contributed by atoms with E-state index in [0.717, 1.165) is 10.7 Å². The SMILES string of the molecule is Cc1ccc(NC(=O)Cn2nc(C)c([N+](=O)[O-])c2C)cc1C(F)(F)F. The molecule has 1 N–H and O–H groups in total. The Morgan fingerprint density at radius 2 is 1.96 bits per heavy atom. The molecule has 1 aromatic carbocycles. The molecule has 10 heteroatoms. The molecule has 1 aromatic heterocycles. The van der Waals surface area contributed by atoms with Gasteiger partial charge in [-0.15, -0.1) is 0 Å². The molecular formula is C15H15F3N4O3. The third-order valence-electron chi connectivity index (χ3n) is 3.65. The number of nitro groups is 1. The average molecular weight is 356 g/mol. The van der Waals surface area contributed by atoms with Crippen LogP contribution in [0.2, 0.25) is 0 Å². The van der Waals surface area contributed by atoms with Crippen molar-refractivity contribution in [3.05, 3.63) is 50.8 Å². The summed E-state index contributed by atoms with van der Waals surface area (Å²) in [4.78, 5) is 22.4. The Kier molecular flexibility index (Phi) is 4.82. The molecule has 0 aliphatic heterocycles. The van der Waals surface area contributed by atoms with Crippen molar-refractivity contribution in [3.63, 3.8) is 0 Å². The lowest BCUT2D eigenvalue weighted by Crippen LogP contribution is -2.21. The normalized spacial score (nSPS) is 11.4. The molecule has 134 valence electrons. The Morgan fingerprint density at radius 3 is 2.48 bits per heavy atom. The first-order chi connectivity index (χ1) is 11.5. The van der Waals surface area contributed by atoms with Crippen LogP contribution in [-0.2, 0) is 17.5 Å². The summed E-state index contributed by atoms with van der Waals surface area (Å²) in [6.07, 6.45) is -4.53. The van der Waals surface area contributed by atoms with Gasteiger partial charge < -0.3 is 5.32 Å². The molecule has 0 atom stereocenters.